The quantitative estimate of drug-likeness (QED) is 0.504. The van der Waals surface area contributed by atoms with Crippen LogP contribution in [0.15, 0.2) is 52.9 Å². The van der Waals surface area contributed by atoms with Gasteiger partial charge < -0.3 is 19.9 Å². The molecule has 0 radical (unpaired) electrons. The highest BCUT2D eigenvalue weighted by molar-refractivity contribution is 7.91. The van der Waals surface area contributed by atoms with E-state index in [1.165, 1.54) is 26.5 Å². The number of thiophene rings is 1. The van der Waals surface area contributed by atoms with E-state index >= 15 is 0 Å². The van der Waals surface area contributed by atoms with Crippen molar-refractivity contribution < 1.29 is 17.9 Å². The summed E-state index contributed by atoms with van der Waals surface area (Å²) in [5, 5.41) is 6.85. The summed E-state index contributed by atoms with van der Waals surface area (Å²) < 4.78 is 34.5. The topological polar surface area (TPSA) is 92.7 Å². The summed E-state index contributed by atoms with van der Waals surface area (Å²) in [5.41, 5.74) is 1.19. The summed E-state index contributed by atoms with van der Waals surface area (Å²) >= 11 is 1.19. The molecule has 2 amide bonds. The number of amides is 2. The number of para-hydroxylation sites is 1. The Balaban J connectivity index is 1.20. The first-order valence-electron chi connectivity index (χ1n) is 10.3. The molecule has 1 saturated heterocycles. The predicted octanol–water partition coefficient (Wildman–Crippen LogP) is 2.61. The van der Waals surface area contributed by atoms with Gasteiger partial charge in [-0.25, -0.2) is 13.2 Å². The average molecular weight is 463 g/mol. The van der Waals surface area contributed by atoms with Gasteiger partial charge in [0.25, 0.3) is 10.0 Å². The maximum absolute atomic E-state index is 12.7. The molecule has 3 aromatic rings. The number of rotatable bonds is 8. The van der Waals surface area contributed by atoms with Gasteiger partial charge in [0.05, 0.1) is 19.8 Å². The molecule has 31 heavy (non-hydrogen) atoms. The van der Waals surface area contributed by atoms with E-state index < -0.39 is 10.0 Å². The zero-order valence-corrected chi connectivity index (χ0v) is 18.8. The Morgan fingerprint density at radius 3 is 2.71 bits per heavy atom. The standard InChI is InChI=1S/C21H26N4O4S2/c26-21(22-9-3-10-24-11-8-17-4-1-2-5-19(17)24)23-16-18-6-7-20(30-18)31(27,28)25-12-14-29-15-13-25/h1-2,4-8,11H,3,9-10,12-16H2,(H2,22,23,26). The summed E-state index contributed by atoms with van der Waals surface area (Å²) in [6, 6.07) is 13.4. The summed E-state index contributed by atoms with van der Waals surface area (Å²) in [6.45, 7) is 3.24. The minimum atomic E-state index is -3.49. The molecule has 2 aromatic heterocycles. The first kappa shape index (κ1) is 21.8. The van der Waals surface area contributed by atoms with Crippen LogP contribution in [0.1, 0.15) is 11.3 Å². The number of sulfonamides is 1. The predicted molar refractivity (Wildman–Crippen MR) is 121 cm³/mol. The molecule has 3 heterocycles. The first-order chi connectivity index (χ1) is 15.0. The largest absolute Gasteiger partial charge is 0.379 e. The van der Waals surface area contributed by atoms with E-state index in [0.717, 1.165) is 17.8 Å². The third kappa shape index (κ3) is 5.27. The number of carbonyl (C=O) groups excluding carboxylic acids is 1. The highest BCUT2D eigenvalue weighted by atomic mass is 32.2. The van der Waals surface area contributed by atoms with Crippen molar-refractivity contribution in [3.05, 3.63) is 53.5 Å². The van der Waals surface area contributed by atoms with Gasteiger partial charge in [-0.05, 0) is 36.1 Å². The van der Waals surface area contributed by atoms with Crippen LogP contribution in [-0.2, 0) is 27.8 Å². The van der Waals surface area contributed by atoms with E-state index in [0.29, 0.717) is 37.1 Å². The Morgan fingerprint density at radius 1 is 1.06 bits per heavy atom. The van der Waals surface area contributed by atoms with Gasteiger partial charge in [0, 0.05) is 42.8 Å². The van der Waals surface area contributed by atoms with Crippen LogP contribution in [0.5, 0.6) is 0 Å². The number of nitrogens with one attached hydrogen (secondary N) is 2. The number of ether oxygens (including phenoxy) is 1. The second-order valence-electron chi connectivity index (χ2n) is 7.27. The molecule has 1 fully saturated rings. The summed E-state index contributed by atoms with van der Waals surface area (Å²) in [7, 11) is -3.49. The molecule has 0 bridgehead atoms. The number of hydrogen-bond acceptors (Lipinski definition) is 5. The second kappa shape index (κ2) is 9.82. The minimum Gasteiger partial charge on any atom is -0.379 e. The fraction of sp³-hybridized carbons (Fsp3) is 0.381. The minimum absolute atomic E-state index is 0.261. The molecular formula is C21H26N4O4S2. The number of carbonyl (C=O) groups is 1. The lowest BCUT2D eigenvalue weighted by Gasteiger charge is -2.25. The van der Waals surface area contributed by atoms with E-state index in [1.54, 1.807) is 12.1 Å². The monoisotopic (exact) mass is 462 g/mol. The summed E-state index contributed by atoms with van der Waals surface area (Å²) in [4.78, 5) is 12.9. The van der Waals surface area contributed by atoms with Crippen molar-refractivity contribution in [1.29, 1.82) is 0 Å². The fourth-order valence-corrected chi connectivity index (χ4v) is 6.38. The molecule has 1 aliphatic rings. The molecule has 0 spiro atoms. The zero-order chi connectivity index (χ0) is 21.7. The molecule has 1 aliphatic heterocycles. The van der Waals surface area contributed by atoms with Gasteiger partial charge in [-0.1, -0.05) is 18.2 Å². The van der Waals surface area contributed by atoms with Crippen LogP contribution >= 0.6 is 11.3 Å². The van der Waals surface area contributed by atoms with Crippen LogP contribution in [0.4, 0.5) is 4.79 Å². The van der Waals surface area contributed by atoms with Crippen molar-refractivity contribution in [2.75, 3.05) is 32.8 Å². The lowest BCUT2D eigenvalue weighted by molar-refractivity contribution is 0.0731. The number of aryl methyl sites for hydroxylation is 1. The third-order valence-corrected chi connectivity index (χ3v) is 8.62. The van der Waals surface area contributed by atoms with Gasteiger partial charge in [-0.3, -0.25) is 0 Å². The van der Waals surface area contributed by atoms with Crippen molar-refractivity contribution >= 4 is 38.3 Å². The molecule has 10 heteroatoms. The van der Waals surface area contributed by atoms with E-state index in [4.69, 9.17) is 4.74 Å². The van der Waals surface area contributed by atoms with Crippen LogP contribution in [0.3, 0.4) is 0 Å². The summed E-state index contributed by atoms with van der Waals surface area (Å²) in [5.74, 6) is 0. The van der Waals surface area contributed by atoms with E-state index in [9.17, 15) is 13.2 Å². The number of benzene rings is 1. The maximum atomic E-state index is 12.7. The van der Waals surface area contributed by atoms with Crippen LogP contribution < -0.4 is 10.6 Å². The molecule has 0 unspecified atom stereocenters. The van der Waals surface area contributed by atoms with E-state index in [2.05, 4.69) is 39.6 Å². The van der Waals surface area contributed by atoms with Crippen LogP contribution in [0, 0.1) is 0 Å². The number of hydrogen-bond donors (Lipinski definition) is 2. The molecule has 2 N–H and O–H groups in total. The van der Waals surface area contributed by atoms with Gasteiger partial charge >= 0.3 is 6.03 Å². The van der Waals surface area contributed by atoms with Gasteiger partial charge in [-0.15, -0.1) is 11.3 Å². The Morgan fingerprint density at radius 2 is 1.87 bits per heavy atom. The fourth-order valence-electron chi connectivity index (χ4n) is 3.52. The van der Waals surface area contributed by atoms with Gasteiger partial charge in [0.2, 0.25) is 0 Å². The van der Waals surface area contributed by atoms with Gasteiger partial charge in [0.15, 0.2) is 0 Å². The lowest BCUT2D eigenvalue weighted by atomic mass is 10.2. The van der Waals surface area contributed by atoms with Crippen molar-refractivity contribution in [3.8, 4) is 0 Å². The smallest absolute Gasteiger partial charge is 0.315 e. The third-order valence-electron chi connectivity index (χ3n) is 5.17. The molecule has 166 valence electrons. The van der Waals surface area contributed by atoms with Gasteiger partial charge in [-0.2, -0.15) is 4.31 Å². The number of urea groups is 1. The second-order valence-corrected chi connectivity index (χ2v) is 10.6. The number of nitrogens with zero attached hydrogens (tertiary/aromatic N) is 2. The normalized spacial score (nSPS) is 15.2. The van der Waals surface area contributed by atoms with E-state index in [-0.39, 0.29) is 12.6 Å². The Bertz CT molecular complexity index is 1130. The SMILES string of the molecule is O=C(NCCCn1ccc2ccccc21)NCc1ccc(S(=O)(=O)N2CCOCC2)s1. The summed E-state index contributed by atoms with van der Waals surface area (Å²) in [6.07, 6.45) is 2.87. The molecule has 4 rings (SSSR count). The zero-order valence-electron chi connectivity index (χ0n) is 17.1. The Labute approximate surface area is 185 Å². The lowest BCUT2D eigenvalue weighted by Crippen LogP contribution is -2.40. The molecule has 1 aromatic carbocycles. The van der Waals surface area contributed by atoms with Crippen molar-refractivity contribution in [2.45, 2.75) is 23.7 Å². The van der Waals surface area contributed by atoms with Crippen LogP contribution in [0.25, 0.3) is 10.9 Å². The number of fused-ring (bicyclic) bond motifs is 1. The highest BCUT2D eigenvalue weighted by Gasteiger charge is 2.27. The van der Waals surface area contributed by atoms with Gasteiger partial charge in [0.1, 0.15) is 4.21 Å². The Kier molecular flexibility index (Phi) is 6.91. The molecule has 0 atom stereocenters. The van der Waals surface area contributed by atoms with Crippen molar-refractivity contribution in [2.24, 2.45) is 0 Å². The Hall–Kier alpha value is -2.40. The number of aromatic nitrogens is 1. The van der Waals surface area contributed by atoms with Crippen LogP contribution in [0.2, 0.25) is 0 Å². The van der Waals surface area contributed by atoms with Crippen LogP contribution in [-0.4, -0.2) is 56.2 Å². The molecule has 0 aliphatic carbocycles. The van der Waals surface area contributed by atoms with Crippen molar-refractivity contribution in [1.82, 2.24) is 19.5 Å². The highest BCUT2D eigenvalue weighted by Crippen LogP contribution is 2.25. The average Bonchev–Trinajstić information content (AvgIpc) is 3.44. The number of morpholine rings is 1. The molecule has 0 saturated carbocycles. The molecule has 8 nitrogen and oxygen atoms in total. The maximum Gasteiger partial charge on any atom is 0.315 e. The molecular weight excluding hydrogens is 436 g/mol. The van der Waals surface area contributed by atoms with Crippen molar-refractivity contribution in [3.63, 3.8) is 0 Å². The van der Waals surface area contributed by atoms with E-state index in [1.807, 2.05) is 12.1 Å². The first-order valence-corrected chi connectivity index (χ1v) is 12.5.